The number of nitrogens with one attached hydrogen (secondary N) is 1. The molecule has 0 unspecified atom stereocenters. The van der Waals surface area contributed by atoms with Gasteiger partial charge in [-0.1, -0.05) is 6.07 Å². The van der Waals surface area contributed by atoms with Crippen molar-refractivity contribution in [1.82, 2.24) is 14.6 Å². The van der Waals surface area contributed by atoms with E-state index in [2.05, 4.69) is 15.4 Å². The molecule has 1 amide bonds. The Hall–Kier alpha value is -3.04. The number of nitrogens with zero attached hydrogens (tertiary/aromatic N) is 3. The van der Waals surface area contributed by atoms with Gasteiger partial charge in [0.2, 0.25) is 0 Å². The van der Waals surface area contributed by atoms with Gasteiger partial charge in [-0.2, -0.15) is 5.10 Å². The number of rotatable bonds is 4. The van der Waals surface area contributed by atoms with Gasteiger partial charge in [-0.15, -0.1) is 22.7 Å². The smallest absolute Gasteiger partial charge is 0.341 e. The van der Waals surface area contributed by atoms with Gasteiger partial charge in [0, 0.05) is 17.1 Å². The summed E-state index contributed by atoms with van der Waals surface area (Å²) in [5.41, 5.74) is 3.19. The van der Waals surface area contributed by atoms with Crippen molar-refractivity contribution in [3.8, 4) is 10.6 Å². The molecule has 0 spiro atoms. The van der Waals surface area contributed by atoms with Crippen LogP contribution in [0.5, 0.6) is 0 Å². The van der Waals surface area contributed by atoms with Gasteiger partial charge in [0.1, 0.15) is 5.00 Å². The summed E-state index contributed by atoms with van der Waals surface area (Å²) < 4.78 is 6.65. The first kappa shape index (κ1) is 19.0. The van der Waals surface area contributed by atoms with Crippen LogP contribution in [0.15, 0.2) is 35.8 Å². The summed E-state index contributed by atoms with van der Waals surface area (Å²) in [6.07, 6.45) is 5.57. The average Bonchev–Trinajstić information content (AvgIpc) is 3.50. The molecule has 152 valence electrons. The van der Waals surface area contributed by atoms with E-state index in [1.165, 1.54) is 18.4 Å². The summed E-state index contributed by atoms with van der Waals surface area (Å²) in [5.74, 6) is -0.789. The number of methoxy groups -OCH3 is 1. The first-order valence-corrected chi connectivity index (χ1v) is 11.3. The number of fused-ring (bicyclic) bond motifs is 2. The van der Waals surface area contributed by atoms with E-state index in [1.54, 1.807) is 28.1 Å². The van der Waals surface area contributed by atoms with Crippen LogP contribution in [0.25, 0.3) is 16.2 Å². The molecule has 0 aromatic carbocycles. The van der Waals surface area contributed by atoms with E-state index in [-0.39, 0.29) is 11.6 Å². The Bertz CT molecular complexity index is 1260. The highest BCUT2D eigenvalue weighted by Gasteiger charge is 2.27. The number of hydrogen-bond donors (Lipinski definition) is 1. The van der Waals surface area contributed by atoms with Crippen LogP contribution in [-0.2, 0) is 17.6 Å². The van der Waals surface area contributed by atoms with E-state index in [4.69, 9.17) is 4.74 Å². The van der Waals surface area contributed by atoms with Crippen molar-refractivity contribution in [1.29, 1.82) is 0 Å². The molecular weight excluding hydrogens is 420 g/mol. The maximum Gasteiger partial charge on any atom is 0.341 e. The Morgan fingerprint density at radius 1 is 1.23 bits per heavy atom. The number of aryl methyl sites for hydroxylation is 1. The Labute approximate surface area is 180 Å². The van der Waals surface area contributed by atoms with Crippen LogP contribution in [0, 0.1) is 0 Å². The quantitative estimate of drug-likeness (QED) is 0.476. The molecule has 0 aliphatic heterocycles. The van der Waals surface area contributed by atoms with Crippen LogP contribution in [0.1, 0.15) is 44.1 Å². The number of carbonyl (C=O) groups is 2. The number of anilines is 1. The fourth-order valence-electron chi connectivity index (χ4n) is 3.76. The molecule has 7 nitrogen and oxygen atoms in total. The van der Waals surface area contributed by atoms with E-state index in [9.17, 15) is 9.59 Å². The van der Waals surface area contributed by atoms with E-state index in [1.807, 2.05) is 23.6 Å². The van der Waals surface area contributed by atoms with Crippen molar-refractivity contribution in [3.63, 3.8) is 0 Å². The second kappa shape index (κ2) is 7.66. The number of amides is 1. The fraction of sp³-hybridized carbons (Fsp3) is 0.238. The highest BCUT2D eigenvalue weighted by Crippen LogP contribution is 2.38. The second-order valence-electron chi connectivity index (χ2n) is 6.97. The standard InChI is InChI=1S/C21H18N4O3S2/c1-28-21(27)18-12-5-2-3-6-15(12)30-20(18)23-19(26)13-11-17-22-9-8-14(25(17)24-13)16-7-4-10-29-16/h4,7-11H,2-3,5-6H2,1H3,(H,23,26). The van der Waals surface area contributed by atoms with Crippen LogP contribution in [0.2, 0.25) is 0 Å². The van der Waals surface area contributed by atoms with Crippen molar-refractivity contribution >= 4 is 45.2 Å². The van der Waals surface area contributed by atoms with Crippen molar-refractivity contribution in [3.05, 3.63) is 57.5 Å². The summed E-state index contributed by atoms with van der Waals surface area (Å²) in [6, 6.07) is 7.49. The van der Waals surface area contributed by atoms with E-state index >= 15 is 0 Å². The van der Waals surface area contributed by atoms with E-state index < -0.39 is 5.97 Å². The van der Waals surface area contributed by atoms with Gasteiger partial charge >= 0.3 is 5.97 Å². The zero-order valence-electron chi connectivity index (χ0n) is 16.2. The van der Waals surface area contributed by atoms with Crippen LogP contribution < -0.4 is 5.32 Å². The van der Waals surface area contributed by atoms with Crippen molar-refractivity contribution < 1.29 is 14.3 Å². The fourth-order valence-corrected chi connectivity index (χ4v) is 5.76. The lowest BCUT2D eigenvalue weighted by molar-refractivity contribution is 0.0601. The van der Waals surface area contributed by atoms with Crippen LogP contribution in [0.4, 0.5) is 5.00 Å². The topological polar surface area (TPSA) is 85.6 Å². The second-order valence-corrected chi connectivity index (χ2v) is 9.02. The van der Waals surface area contributed by atoms with Crippen LogP contribution in [-0.4, -0.2) is 33.6 Å². The molecule has 4 aromatic rings. The normalized spacial score (nSPS) is 13.2. The van der Waals surface area contributed by atoms with Crippen molar-refractivity contribution in [2.24, 2.45) is 0 Å². The monoisotopic (exact) mass is 438 g/mol. The van der Waals surface area contributed by atoms with Crippen molar-refractivity contribution in [2.45, 2.75) is 25.7 Å². The highest BCUT2D eigenvalue weighted by molar-refractivity contribution is 7.17. The third-order valence-corrected chi connectivity index (χ3v) is 7.25. The molecule has 0 atom stereocenters. The Kier molecular flexibility index (Phi) is 4.84. The minimum Gasteiger partial charge on any atom is -0.465 e. The third kappa shape index (κ3) is 3.20. The van der Waals surface area contributed by atoms with Gasteiger partial charge in [0.05, 0.1) is 23.2 Å². The molecule has 30 heavy (non-hydrogen) atoms. The molecular formula is C21H18N4O3S2. The predicted molar refractivity (Wildman–Crippen MR) is 117 cm³/mol. The first-order chi connectivity index (χ1) is 14.7. The van der Waals surface area contributed by atoms with Gasteiger partial charge in [0.25, 0.3) is 5.91 Å². The van der Waals surface area contributed by atoms with Gasteiger partial charge < -0.3 is 10.1 Å². The lowest BCUT2D eigenvalue weighted by atomic mass is 9.95. The summed E-state index contributed by atoms with van der Waals surface area (Å²) in [6.45, 7) is 0. The predicted octanol–water partition coefficient (Wildman–Crippen LogP) is 4.44. The Morgan fingerprint density at radius 2 is 2.10 bits per heavy atom. The molecule has 0 bridgehead atoms. The summed E-state index contributed by atoms with van der Waals surface area (Å²) in [7, 11) is 1.36. The SMILES string of the molecule is COC(=O)c1c(NC(=O)c2cc3nccc(-c4cccs4)n3n2)sc2c1CCCC2. The number of aromatic nitrogens is 3. The highest BCUT2D eigenvalue weighted by atomic mass is 32.1. The van der Waals surface area contributed by atoms with Crippen LogP contribution >= 0.6 is 22.7 Å². The average molecular weight is 439 g/mol. The van der Waals surface area contributed by atoms with Crippen molar-refractivity contribution in [2.75, 3.05) is 12.4 Å². The zero-order chi connectivity index (χ0) is 20.7. The zero-order valence-corrected chi connectivity index (χ0v) is 17.8. The molecule has 4 heterocycles. The summed E-state index contributed by atoms with van der Waals surface area (Å²) in [4.78, 5) is 31.9. The number of hydrogen-bond acceptors (Lipinski definition) is 7. The molecule has 1 aliphatic rings. The van der Waals surface area contributed by atoms with Gasteiger partial charge in [-0.25, -0.2) is 14.3 Å². The summed E-state index contributed by atoms with van der Waals surface area (Å²) >= 11 is 3.05. The van der Waals surface area contributed by atoms with E-state index in [0.29, 0.717) is 16.2 Å². The minimum absolute atomic E-state index is 0.244. The Balaban J connectivity index is 1.51. The largest absolute Gasteiger partial charge is 0.465 e. The lowest BCUT2D eigenvalue weighted by Crippen LogP contribution is -2.15. The number of esters is 1. The first-order valence-electron chi connectivity index (χ1n) is 9.58. The minimum atomic E-state index is -0.415. The molecule has 0 saturated carbocycles. The number of thiophene rings is 2. The molecule has 4 aromatic heterocycles. The molecule has 5 rings (SSSR count). The Morgan fingerprint density at radius 3 is 2.90 bits per heavy atom. The number of carbonyl (C=O) groups excluding carboxylic acids is 2. The number of ether oxygens (including phenoxy) is 1. The van der Waals surface area contributed by atoms with E-state index in [0.717, 1.165) is 46.7 Å². The molecule has 0 saturated heterocycles. The molecule has 0 radical (unpaired) electrons. The van der Waals surface area contributed by atoms with Gasteiger partial charge in [0.15, 0.2) is 11.3 Å². The third-order valence-electron chi connectivity index (χ3n) is 5.15. The molecule has 1 N–H and O–H groups in total. The van der Waals surface area contributed by atoms with Gasteiger partial charge in [-0.3, -0.25) is 4.79 Å². The molecule has 9 heteroatoms. The summed E-state index contributed by atoms with van der Waals surface area (Å²) in [5, 5.41) is 9.89. The molecule has 0 fully saturated rings. The lowest BCUT2D eigenvalue weighted by Gasteiger charge is -2.11. The maximum atomic E-state index is 13.0. The van der Waals surface area contributed by atoms with Crippen LogP contribution in [0.3, 0.4) is 0 Å². The maximum absolute atomic E-state index is 13.0. The molecule has 1 aliphatic carbocycles. The van der Waals surface area contributed by atoms with Gasteiger partial charge in [-0.05, 0) is 48.8 Å².